The molecule has 2 nitrogen and oxygen atoms in total. The number of halogens is 1. The predicted molar refractivity (Wildman–Crippen MR) is 44.3 cm³/mol. The minimum absolute atomic E-state index is 0.189. The molecule has 0 aliphatic carbocycles. The zero-order chi connectivity index (χ0) is 7.40. The molecule has 1 rings (SSSR count). The number of hydrogen-bond donors (Lipinski definition) is 2. The first-order valence-corrected chi connectivity index (χ1v) is 4.37. The van der Waals surface area contributed by atoms with Crippen LogP contribution in [0.3, 0.4) is 0 Å². The molecule has 0 radical (unpaired) electrons. The van der Waals surface area contributed by atoms with E-state index in [-0.39, 0.29) is 5.50 Å². The molecule has 10 heavy (non-hydrogen) atoms. The lowest BCUT2D eigenvalue weighted by Crippen LogP contribution is -2.31. The van der Waals surface area contributed by atoms with Gasteiger partial charge < -0.3 is 5.32 Å². The highest BCUT2D eigenvalue weighted by atomic mass is 35.5. The smallest absolute Gasteiger partial charge is 0.0841 e. The van der Waals surface area contributed by atoms with Gasteiger partial charge in [-0.25, -0.2) is 0 Å². The van der Waals surface area contributed by atoms with Crippen LogP contribution in [-0.2, 0) is 0 Å². The third kappa shape index (κ3) is 2.45. The van der Waals surface area contributed by atoms with Gasteiger partial charge in [-0.15, -0.1) is 11.6 Å². The fourth-order valence-corrected chi connectivity index (χ4v) is 1.49. The average molecular weight is 163 g/mol. The highest BCUT2D eigenvalue weighted by Crippen LogP contribution is 2.09. The molecule has 1 heterocycles. The van der Waals surface area contributed by atoms with Crippen LogP contribution in [0.2, 0.25) is 0 Å². The summed E-state index contributed by atoms with van der Waals surface area (Å²) < 4.78 is 0. The van der Waals surface area contributed by atoms with Gasteiger partial charge in [-0.2, -0.15) is 0 Å². The maximum Gasteiger partial charge on any atom is 0.0841 e. The van der Waals surface area contributed by atoms with Gasteiger partial charge in [0.25, 0.3) is 0 Å². The van der Waals surface area contributed by atoms with Crippen LogP contribution >= 0.6 is 11.6 Å². The van der Waals surface area contributed by atoms with Crippen molar-refractivity contribution in [2.24, 2.45) is 0 Å². The summed E-state index contributed by atoms with van der Waals surface area (Å²) in [5.41, 5.74) is 0.189. The van der Waals surface area contributed by atoms with Crippen molar-refractivity contribution in [1.82, 2.24) is 10.6 Å². The van der Waals surface area contributed by atoms with Crippen LogP contribution < -0.4 is 10.6 Å². The summed E-state index contributed by atoms with van der Waals surface area (Å²) in [6, 6.07) is 0.599. The third-order valence-electron chi connectivity index (χ3n) is 1.76. The molecule has 0 aromatic rings. The van der Waals surface area contributed by atoms with E-state index in [1.807, 2.05) is 0 Å². The fourth-order valence-electron chi connectivity index (χ4n) is 1.19. The molecule has 2 N–H and O–H groups in total. The first-order chi connectivity index (χ1) is 4.83. The minimum atomic E-state index is 0.189. The van der Waals surface area contributed by atoms with E-state index in [4.69, 9.17) is 11.6 Å². The molecule has 2 unspecified atom stereocenters. The summed E-state index contributed by atoms with van der Waals surface area (Å²) in [7, 11) is 0. The number of hydrogen-bond acceptors (Lipinski definition) is 2. The molecule has 0 bridgehead atoms. The highest BCUT2D eigenvalue weighted by molar-refractivity contribution is 6.20. The van der Waals surface area contributed by atoms with Crippen molar-refractivity contribution in [3.63, 3.8) is 0 Å². The lowest BCUT2D eigenvalue weighted by atomic mass is 10.2. The number of rotatable bonds is 3. The minimum Gasteiger partial charge on any atom is -0.313 e. The number of nitrogens with one attached hydrogen (secondary N) is 2. The Morgan fingerprint density at radius 2 is 2.50 bits per heavy atom. The molecule has 2 atom stereocenters. The zero-order valence-electron chi connectivity index (χ0n) is 6.36. The van der Waals surface area contributed by atoms with Gasteiger partial charge in [0.2, 0.25) is 0 Å². The van der Waals surface area contributed by atoms with E-state index in [1.54, 1.807) is 0 Å². The molecule has 0 amide bonds. The van der Waals surface area contributed by atoms with Gasteiger partial charge in [0, 0.05) is 12.6 Å². The molecule has 0 aromatic carbocycles. The molecular weight excluding hydrogens is 148 g/mol. The Labute approximate surface area is 67.3 Å². The Hall–Kier alpha value is 0.210. The van der Waals surface area contributed by atoms with Gasteiger partial charge in [0.05, 0.1) is 5.50 Å². The molecule has 0 saturated carbocycles. The van der Waals surface area contributed by atoms with E-state index in [0.29, 0.717) is 6.04 Å². The number of alkyl halides is 1. The largest absolute Gasteiger partial charge is 0.313 e. The standard InChI is InChI=1S/C7H15ClN2/c1-2-3-9-6-4-7(8)10-5-6/h6-7,9-10H,2-5H2,1H3. The van der Waals surface area contributed by atoms with Crippen molar-refractivity contribution < 1.29 is 0 Å². The second-order valence-corrected chi connectivity index (χ2v) is 3.29. The topological polar surface area (TPSA) is 24.1 Å². The second-order valence-electron chi connectivity index (χ2n) is 2.76. The van der Waals surface area contributed by atoms with Crippen LogP contribution in [-0.4, -0.2) is 24.6 Å². The maximum atomic E-state index is 5.83. The monoisotopic (exact) mass is 162 g/mol. The van der Waals surface area contributed by atoms with Gasteiger partial charge in [-0.1, -0.05) is 6.92 Å². The van der Waals surface area contributed by atoms with Crippen LogP contribution in [0, 0.1) is 0 Å². The Kier molecular flexibility index (Phi) is 3.46. The predicted octanol–water partition coefficient (Wildman–Crippen LogP) is 0.913. The molecule has 0 spiro atoms. The first kappa shape index (κ1) is 8.31. The van der Waals surface area contributed by atoms with Crippen molar-refractivity contribution in [3.05, 3.63) is 0 Å². The molecule has 0 aromatic heterocycles. The van der Waals surface area contributed by atoms with E-state index < -0.39 is 0 Å². The summed E-state index contributed by atoms with van der Waals surface area (Å²) in [6.07, 6.45) is 2.25. The van der Waals surface area contributed by atoms with Crippen molar-refractivity contribution in [3.8, 4) is 0 Å². The molecule has 3 heteroatoms. The summed E-state index contributed by atoms with van der Waals surface area (Å²) in [5.74, 6) is 0. The Balaban J connectivity index is 2.06. The van der Waals surface area contributed by atoms with Gasteiger partial charge in [-0.3, -0.25) is 5.32 Å². The average Bonchev–Trinajstić information content (AvgIpc) is 2.31. The zero-order valence-corrected chi connectivity index (χ0v) is 7.12. The van der Waals surface area contributed by atoms with Crippen LogP contribution in [0.15, 0.2) is 0 Å². The van der Waals surface area contributed by atoms with Crippen LogP contribution in [0.5, 0.6) is 0 Å². The van der Waals surface area contributed by atoms with E-state index in [1.165, 1.54) is 6.42 Å². The Morgan fingerprint density at radius 3 is 3.00 bits per heavy atom. The quantitative estimate of drug-likeness (QED) is 0.476. The van der Waals surface area contributed by atoms with Gasteiger partial charge >= 0.3 is 0 Å². The lowest BCUT2D eigenvalue weighted by molar-refractivity contribution is 0.543. The normalized spacial score (nSPS) is 33.0. The van der Waals surface area contributed by atoms with Crippen molar-refractivity contribution in [2.75, 3.05) is 13.1 Å². The van der Waals surface area contributed by atoms with Crippen LogP contribution in [0.4, 0.5) is 0 Å². The molecule has 60 valence electrons. The van der Waals surface area contributed by atoms with E-state index in [2.05, 4.69) is 17.6 Å². The second kappa shape index (κ2) is 4.16. The molecule has 1 aliphatic rings. The molecule has 1 aliphatic heterocycles. The van der Waals surface area contributed by atoms with Gasteiger partial charge in [0.1, 0.15) is 0 Å². The SMILES string of the molecule is CCCNC1CNC(Cl)C1. The molecular formula is C7H15ClN2. The van der Waals surface area contributed by atoms with Crippen molar-refractivity contribution in [2.45, 2.75) is 31.3 Å². The fraction of sp³-hybridized carbons (Fsp3) is 1.00. The summed E-state index contributed by atoms with van der Waals surface area (Å²) in [5, 5.41) is 6.60. The van der Waals surface area contributed by atoms with Crippen molar-refractivity contribution in [1.29, 1.82) is 0 Å². The van der Waals surface area contributed by atoms with Gasteiger partial charge in [0.15, 0.2) is 0 Å². The maximum absolute atomic E-state index is 5.83. The molecule has 1 fully saturated rings. The van der Waals surface area contributed by atoms with Gasteiger partial charge in [-0.05, 0) is 19.4 Å². The summed E-state index contributed by atoms with van der Waals surface area (Å²) in [4.78, 5) is 0. The van der Waals surface area contributed by atoms with Crippen LogP contribution in [0.25, 0.3) is 0 Å². The van der Waals surface area contributed by atoms with E-state index in [0.717, 1.165) is 19.5 Å². The Bertz CT molecular complexity index is 97.6. The summed E-state index contributed by atoms with van der Waals surface area (Å²) >= 11 is 5.83. The van der Waals surface area contributed by atoms with E-state index >= 15 is 0 Å². The summed E-state index contributed by atoms with van der Waals surface area (Å²) in [6.45, 7) is 4.30. The Morgan fingerprint density at radius 1 is 1.70 bits per heavy atom. The first-order valence-electron chi connectivity index (χ1n) is 3.93. The highest BCUT2D eigenvalue weighted by Gasteiger charge is 2.20. The van der Waals surface area contributed by atoms with E-state index in [9.17, 15) is 0 Å². The van der Waals surface area contributed by atoms with Crippen molar-refractivity contribution >= 4 is 11.6 Å². The lowest BCUT2D eigenvalue weighted by Gasteiger charge is -2.08. The van der Waals surface area contributed by atoms with Crippen LogP contribution in [0.1, 0.15) is 19.8 Å². The molecule has 1 saturated heterocycles. The third-order valence-corrected chi connectivity index (χ3v) is 2.09.